The van der Waals surface area contributed by atoms with Gasteiger partial charge in [-0.2, -0.15) is 14.6 Å². The highest BCUT2D eigenvalue weighted by Crippen LogP contribution is 2.32. The standard InChI is InChI=1S/C27H28FN7O2/c1-27(36,9-10-37-2)21-15-30-35-25(21)33-24(16-11-17(28)14-29-13-16)34-26(35)31-18-7-8-23-20(12-18)19-5-3-4-6-22(19)32-23/h3-6,11,13-15,18,32,36H,7-10,12H2,1-2H3,(H,31,33,34). The summed E-state index contributed by atoms with van der Waals surface area (Å²) in [6.45, 7) is 2.08. The van der Waals surface area contributed by atoms with Crippen LogP contribution in [0.5, 0.6) is 0 Å². The van der Waals surface area contributed by atoms with Crippen LogP contribution in [-0.2, 0) is 23.2 Å². The molecule has 5 aromatic rings. The first kappa shape index (κ1) is 23.5. The Balaban J connectivity index is 1.41. The number of ether oxygens (including phenoxy) is 1. The highest BCUT2D eigenvalue weighted by Gasteiger charge is 2.30. The first-order valence-electron chi connectivity index (χ1n) is 12.4. The van der Waals surface area contributed by atoms with Crippen LogP contribution in [0.1, 0.15) is 36.6 Å². The molecular weight excluding hydrogens is 473 g/mol. The summed E-state index contributed by atoms with van der Waals surface area (Å²) >= 11 is 0. The van der Waals surface area contributed by atoms with E-state index in [1.165, 1.54) is 28.9 Å². The van der Waals surface area contributed by atoms with E-state index in [-0.39, 0.29) is 6.04 Å². The van der Waals surface area contributed by atoms with Gasteiger partial charge in [0.05, 0.1) is 18.0 Å². The van der Waals surface area contributed by atoms with Crippen molar-refractivity contribution in [3.05, 3.63) is 71.6 Å². The number of fused-ring (bicyclic) bond motifs is 4. The molecule has 4 aromatic heterocycles. The Morgan fingerprint density at radius 2 is 2.11 bits per heavy atom. The first-order chi connectivity index (χ1) is 17.9. The van der Waals surface area contributed by atoms with Crippen LogP contribution in [0.25, 0.3) is 27.9 Å². The van der Waals surface area contributed by atoms with Crippen molar-refractivity contribution in [2.24, 2.45) is 0 Å². The van der Waals surface area contributed by atoms with Crippen molar-refractivity contribution in [3.8, 4) is 11.4 Å². The highest BCUT2D eigenvalue weighted by atomic mass is 19.1. The van der Waals surface area contributed by atoms with Crippen LogP contribution >= 0.6 is 0 Å². The fourth-order valence-electron chi connectivity index (χ4n) is 5.12. The number of benzene rings is 1. The molecule has 2 atom stereocenters. The third kappa shape index (κ3) is 4.32. The number of pyridine rings is 1. The number of halogens is 1. The zero-order chi connectivity index (χ0) is 25.6. The summed E-state index contributed by atoms with van der Waals surface area (Å²) in [5.41, 5.74) is 3.93. The number of hydrogen-bond donors (Lipinski definition) is 3. The van der Waals surface area contributed by atoms with E-state index in [9.17, 15) is 9.50 Å². The Bertz CT molecular complexity index is 1590. The number of aromatic nitrogens is 6. The van der Waals surface area contributed by atoms with E-state index < -0.39 is 11.4 Å². The molecule has 4 heterocycles. The van der Waals surface area contributed by atoms with Crippen LogP contribution in [0.4, 0.5) is 10.3 Å². The van der Waals surface area contributed by atoms with Crippen molar-refractivity contribution in [2.75, 3.05) is 19.0 Å². The number of nitrogens with zero attached hydrogens (tertiary/aromatic N) is 5. The van der Waals surface area contributed by atoms with Crippen molar-refractivity contribution < 1.29 is 14.2 Å². The van der Waals surface area contributed by atoms with Crippen molar-refractivity contribution in [1.29, 1.82) is 0 Å². The van der Waals surface area contributed by atoms with Crippen LogP contribution in [-0.4, -0.2) is 54.4 Å². The average molecular weight is 502 g/mol. The zero-order valence-electron chi connectivity index (χ0n) is 20.7. The first-order valence-corrected chi connectivity index (χ1v) is 12.4. The van der Waals surface area contributed by atoms with E-state index in [0.29, 0.717) is 41.6 Å². The van der Waals surface area contributed by atoms with Gasteiger partial charge in [-0.3, -0.25) is 4.98 Å². The molecule has 0 aliphatic heterocycles. The molecule has 190 valence electrons. The topological polar surface area (TPSA) is 113 Å². The smallest absolute Gasteiger partial charge is 0.228 e. The van der Waals surface area contributed by atoms with Gasteiger partial charge in [0.25, 0.3) is 0 Å². The van der Waals surface area contributed by atoms with Gasteiger partial charge in [0, 0.05) is 60.1 Å². The van der Waals surface area contributed by atoms with Crippen LogP contribution in [0.15, 0.2) is 48.9 Å². The van der Waals surface area contributed by atoms with E-state index in [1.807, 2.05) is 6.07 Å². The van der Waals surface area contributed by atoms with Crippen molar-refractivity contribution in [1.82, 2.24) is 29.5 Å². The van der Waals surface area contributed by atoms with E-state index in [0.717, 1.165) is 31.0 Å². The summed E-state index contributed by atoms with van der Waals surface area (Å²) in [4.78, 5) is 16.9. The molecule has 0 fully saturated rings. The fraction of sp³-hybridized carbons (Fsp3) is 0.333. The SMILES string of the molecule is COCCC(C)(O)c1cnn2c(NC3CCc4[nH]c5ccccc5c4C3)nc(-c3cncc(F)c3)nc12. The van der Waals surface area contributed by atoms with Gasteiger partial charge in [-0.15, -0.1) is 0 Å². The predicted molar refractivity (Wildman–Crippen MR) is 138 cm³/mol. The largest absolute Gasteiger partial charge is 0.385 e. The summed E-state index contributed by atoms with van der Waals surface area (Å²) in [7, 11) is 1.59. The minimum atomic E-state index is -1.23. The Hall–Kier alpha value is -3.89. The summed E-state index contributed by atoms with van der Waals surface area (Å²) in [5.74, 6) is 0.302. The molecule has 37 heavy (non-hydrogen) atoms. The molecule has 2 unspecified atom stereocenters. The van der Waals surface area contributed by atoms with Gasteiger partial charge < -0.3 is 20.1 Å². The van der Waals surface area contributed by atoms with Crippen LogP contribution in [0, 0.1) is 5.82 Å². The second kappa shape index (κ2) is 9.20. The maximum Gasteiger partial charge on any atom is 0.228 e. The maximum absolute atomic E-state index is 14.0. The molecule has 1 aromatic carbocycles. The quantitative estimate of drug-likeness (QED) is 0.309. The molecule has 0 spiro atoms. The molecule has 1 aliphatic rings. The zero-order valence-corrected chi connectivity index (χ0v) is 20.7. The van der Waals surface area contributed by atoms with E-state index in [4.69, 9.17) is 9.72 Å². The van der Waals surface area contributed by atoms with E-state index >= 15 is 0 Å². The number of rotatable bonds is 7. The minimum absolute atomic E-state index is 0.102. The molecule has 0 saturated heterocycles. The van der Waals surface area contributed by atoms with Crippen LogP contribution in [0.3, 0.4) is 0 Å². The molecule has 0 amide bonds. The monoisotopic (exact) mass is 501 g/mol. The Kier molecular flexibility index (Phi) is 5.85. The molecular formula is C27H28FN7O2. The number of aliphatic hydroxyl groups is 1. The number of H-pyrrole nitrogens is 1. The van der Waals surface area contributed by atoms with Gasteiger partial charge in [0.2, 0.25) is 5.95 Å². The third-order valence-corrected chi connectivity index (χ3v) is 7.13. The lowest BCUT2D eigenvalue weighted by atomic mass is 9.91. The van der Waals surface area contributed by atoms with Gasteiger partial charge in [-0.05, 0) is 43.9 Å². The summed E-state index contributed by atoms with van der Waals surface area (Å²) in [5, 5.41) is 20.5. The molecule has 3 N–H and O–H groups in total. The van der Waals surface area contributed by atoms with Gasteiger partial charge in [-0.1, -0.05) is 18.2 Å². The number of methoxy groups -OCH3 is 1. The number of para-hydroxylation sites is 1. The average Bonchev–Trinajstić information content (AvgIpc) is 3.50. The number of aryl methyl sites for hydroxylation is 1. The molecule has 0 radical (unpaired) electrons. The Morgan fingerprint density at radius 1 is 1.24 bits per heavy atom. The summed E-state index contributed by atoms with van der Waals surface area (Å²) in [6.07, 6.45) is 7.27. The Labute approximate surface area is 212 Å². The van der Waals surface area contributed by atoms with Crippen LogP contribution in [0.2, 0.25) is 0 Å². The summed E-state index contributed by atoms with van der Waals surface area (Å²) in [6, 6.07) is 9.79. The van der Waals surface area contributed by atoms with Gasteiger partial charge in [0.15, 0.2) is 11.5 Å². The number of nitrogens with one attached hydrogen (secondary N) is 2. The number of aromatic amines is 1. The summed E-state index contributed by atoms with van der Waals surface area (Å²) < 4.78 is 20.8. The normalized spacial score (nSPS) is 17.1. The molecule has 10 heteroatoms. The number of anilines is 1. The van der Waals surface area contributed by atoms with Gasteiger partial charge >= 0.3 is 0 Å². The molecule has 6 rings (SSSR count). The molecule has 0 bridgehead atoms. The number of hydrogen-bond acceptors (Lipinski definition) is 7. The molecule has 0 saturated carbocycles. The lowest BCUT2D eigenvalue weighted by Crippen LogP contribution is -2.29. The minimum Gasteiger partial charge on any atom is -0.385 e. The lowest BCUT2D eigenvalue weighted by Gasteiger charge is -2.25. The second-order valence-corrected chi connectivity index (χ2v) is 9.78. The van der Waals surface area contributed by atoms with Gasteiger partial charge in [0.1, 0.15) is 5.82 Å². The predicted octanol–water partition coefficient (Wildman–Crippen LogP) is 4.02. The van der Waals surface area contributed by atoms with Crippen LogP contribution < -0.4 is 5.32 Å². The lowest BCUT2D eigenvalue weighted by molar-refractivity contribution is 0.0221. The van der Waals surface area contributed by atoms with Gasteiger partial charge in [-0.25, -0.2) is 9.37 Å². The third-order valence-electron chi connectivity index (χ3n) is 7.13. The molecule has 9 nitrogen and oxygen atoms in total. The maximum atomic E-state index is 14.0. The van der Waals surface area contributed by atoms with E-state index in [2.05, 4.69) is 43.6 Å². The molecule has 1 aliphatic carbocycles. The van der Waals surface area contributed by atoms with E-state index in [1.54, 1.807) is 24.7 Å². The van der Waals surface area contributed by atoms with Crippen molar-refractivity contribution in [2.45, 2.75) is 44.2 Å². The van der Waals surface area contributed by atoms with Crippen molar-refractivity contribution >= 4 is 22.5 Å². The van der Waals surface area contributed by atoms with Crippen molar-refractivity contribution in [3.63, 3.8) is 0 Å². The second-order valence-electron chi connectivity index (χ2n) is 9.78. The highest BCUT2D eigenvalue weighted by molar-refractivity contribution is 5.85. The fourth-order valence-corrected chi connectivity index (χ4v) is 5.12. The Morgan fingerprint density at radius 3 is 2.95 bits per heavy atom.